The van der Waals surface area contributed by atoms with Gasteiger partial charge in [-0.15, -0.1) is 0 Å². The molecule has 3 nitrogen and oxygen atoms in total. The Morgan fingerprint density at radius 1 is 1.00 bits per heavy atom. The summed E-state index contributed by atoms with van der Waals surface area (Å²) in [4.78, 5) is 16.7. The van der Waals surface area contributed by atoms with Crippen LogP contribution in [0.2, 0.25) is 5.02 Å². The molecule has 0 atom stereocenters. The average molecular weight is 613 g/mol. The smallest absolute Gasteiger partial charge is 0.336 e. The second-order valence-corrected chi connectivity index (χ2v) is 9.29. The van der Waals surface area contributed by atoms with Crippen LogP contribution < -0.4 is 4.74 Å². The first-order valence-electron chi connectivity index (χ1n) is 8.77. The summed E-state index contributed by atoms with van der Waals surface area (Å²) in [6, 6.07) is 16.9. The van der Waals surface area contributed by atoms with E-state index >= 15 is 0 Å². The predicted octanol–water partition coefficient (Wildman–Crippen LogP) is 8.31. The summed E-state index contributed by atoms with van der Waals surface area (Å²) in [7, 11) is 0. The first-order valence-corrected chi connectivity index (χ1v) is 11.5. The van der Waals surface area contributed by atoms with Crippen LogP contribution in [0.4, 0.5) is 5.69 Å². The summed E-state index contributed by atoms with van der Waals surface area (Å²) in [5.74, 6) is -0.0770. The fourth-order valence-corrected chi connectivity index (χ4v) is 4.32. The van der Waals surface area contributed by atoms with Gasteiger partial charge < -0.3 is 4.74 Å². The van der Waals surface area contributed by atoms with Gasteiger partial charge in [-0.3, -0.25) is 4.99 Å². The van der Waals surface area contributed by atoms with Crippen molar-refractivity contribution in [1.82, 2.24) is 0 Å². The summed E-state index contributed by atoms with van der Waals surface area (Å²) < 4.78 is 7.72. The number of ether oxygens (including phenoxy) is 1. The van der Waals surface area contributed by atoms with Crippen LogP contribution >= 0.6 is 59.4 Å². The number of nitrogens with zero attached hydrogens (tertiary/aromatic N) is 1. The zero-order valence-electron chi connectivity index (χ0n) is 15.7. The topological polar surface area (TPSA) is 38.7 Å². The van der Waals surface area contributed by atoms with Gasteiger partial charge in [0.1, 0.15) is 0 Å². The van der Waals surface area contributed by atoms with Crippen molar-refractivity contribution < 1.29 is 9.53 Å². The normalized spacial score (nSPS) is 11.4. The van der Waals surface area contributed by atoms with Gasteiger partial charge in [-0.1, -0.05) is 45.7 Å². The summed E-state index contributed by atoms with van der Waals surface area (Å²) in [6.45, 7) is 1.92. The molecule has 0 aliphatic rings. The van der Waals surface area contributed by atoms with Gasteiger partial charge in [0.05, 0.1) is 14.6 Å². The number of halogens is 4. The van der Waals surface area contributed by atoms with Crippen molar-refractivity contribution in [2.24, 2.45) is 4.99 Å². The van der Waals surface area contributed by atoms with E-state index in [1.165, 1.54) is 6.08 Å². The molecule has 0 radical (unpaired) electrons. The van der Waals surface area contributed by atoms with Crippen LogP contribution in [0.1, 0.15) is 16.7 Å². The van der Waals surface area contributed by atoms with E-state index in [0.29, 0.717) is 19.7 Å². The van der Waals surface area contributed by atoms with E-state index < -0.39 is 5.97 Å². The zero-order chi connectivity index (χ0) is 21.7. The molecule has 3 aromatic carbocycles. The lowest BCUT2D eigenvalue weighted by Crippen LogP contribution is -2.05. The minimum Gasteiger partial charge on any atom is -0.421 e. The second kappa shape index (κ2) is 10.5. The Morgan fingerprint density at radius 2 is 1.67 bits per heavy atom. The predicted molar refractivity (Wildman–Crippen MR) is 134 cm³/mol. The van der Waals surface area contributed by atoms with Crippen molar-refractivity contribution in [1.29, 1.82) is 0 Å². The average Bonchev–Trinajstić information content (AvgIpc) is 2.71. The Kier molecular flexibility index (Phi) is 8.06. The molecule has 0 aliphatic carbocycles. The van der Waals surface area contributed by atoms with Gasteiger partial charge in [0, 0.05) is 21.8 Å². The monoisotopic (exact) mass is 609 g/mol. The summed E-state index contributed by atoms with van der Waals surface area (Å²) in [5, 5.41) is 0.672. The van der Waals surface area contributed by atoms with Gasteiger partial charge in [-0.2, -0.15) is 0 Å². The largest absolute Gasteiger partial charge is 0.421 e. The maximum atomic E-state index is 12.2. The molecule has 7 heteroatoms. The minimum atomic E-state index is -0.477. The summed E-state index contributed by atoms with van der Waals surface area (Å²) in [6.07, 6.45) is 4.82. The molecule has 0 bridgehead atoms. The lowest BCUT2D eigenvalue weighted by molar-refractivity contribution is -0.129. The molecule has 0 aromatic heterocycles. The van der Waals surface area contributed by atoms with Gasteiger partial charge in [0.2, 0.25) is 0 Å². The van der Waals surface area contributed by atoms with Crippen LogP contribution in [-0.2, 0) is 4.79 Å². The molecule has 0 spiro atoms. The number of benzene rings is 3. The SMILES string of the molecule is Cc1c(Cl)cccc1N=Cc1cc(Br)c(OC(=O)/C=C/c2ccc(Br)cc2)c(Br)c1. The highest BCUT2D eigenvalue weighted by Gasteiger charge is 2.12. The van der Waals surface area contributed by atoms with Crippen LogP contribution in [0.5, 0.6) is 5.75 Å². The molecule has 0 amide bonds. The number of hydrogen-bond donors (Lipinski definition) is 0. The van der Waals surface area contributed by atoms with Gasteiger partial charge in [0.15, 0.2) is 5.75 Å². The number of rotatable bonds is 5. The number of carbonyl (C=O) groups is 1. The van der Waals surface area contributed by atoms with E-state index in [2.05, 4.69) is 52.8 Å². The first-order chi connectivity index (χ1) is 14.3. The van der Waals surface area contributed by atoms with Crippen molar-refractivity contribution in [2.45, 2.75) is 6.92 Å². The third-order valence-electron chi connectivity index (χ3n) is 4.10. The van der Waals surface area contributed by atoms with E-state index in [4.69, 9.17) is 16.3 Å². The van der Waals surface area contributed by atoms with Gasteiger partial charge in [0.25, 0.3) is 0 Å². The maximum absolute atomic E-state index is 12.2. The number of esters is 1. The highest BCUT2D eigenvalue weighted by Crippen LogP contribution is 2.35. The van der Waals surface area contributed by atoms with E-state index in [1.54, 1.807) is 12.3 Å². The quantitative estimate of drug-likeness (QED) is 0.126. The molecule has 30 heavy (non-hydrogen) atoms. The van der Waals surface area contributed by atoms with E-state index in [-0.39, 0.29) is 0 Å². The Bertz CT molecular complexity index is 1120. The van der Waals surface area contributed by atoms with Crippen molar-refractivity contribution in [3.63, 3.8) is 0 Å². The second-order valence-electron chi connectivity index (χ2n) is 6.26. The van der Waals surface area contributed by atoms with Crippen molar-refractivity contribution in [3.05, 3.63) is 95.8 Å². The Labute approximate surface area is 205 Å². The third kappa shape index (κ3) is 6.14. The molecule has 0 unspecified atom stereocenters. The lowest BCUT2D eigenvalue weighted by atomic mass is 10.2. The molecular weight excluding hydrogens is 597 g/mol. The molecule has 0 saturated heterocycles. The highest BCUT2D eigenvalue weighted by molar-refractivity contribution is 9.11. The molecular formula is C23H15Br3ClNO2. The third-order valence-corrected chi connectivity index (χ3v) is 6.21. The number of carbonyl (C=O) groups excluding carboxylic acids is 1. The molecule has 152 valence electrons. The van der Waals surface area contributed by atoms with Gasteiger partial charge >= 0.3 is 5.97 Å². The standard InChI is InChI=1S/C23H15Br3ClNO2/c1-14-20(27)3-2-4-21(14)28-13-16-11-18(25)23(19(26)12-16)30-22(29)10-7-15-5-8-17(24)9-6-15/h2-13H,1H3/b10-7+,28-13?. The van der Waals surface area contributed by atoms with Crippen LogP contribution in [0.15, 0.2) is 79.1 Å². The van der Waals surface area contributed by atoms with Crippen LogP contribution in [0.25, 0.3) is 6.08 Å². The Morgan fingerprint density at radius 3 is 2.33 bits per heavy atom. The summed E-state index contributed by atoms with van der Waals surface area (Å²) in [5.41, 5.74) is 3.44. The van der Waals surface area contributed by atoms with Gasteiger partial charge in [-0.05, 0) is 97.9 Å². The molecule has 3 aromatic rings. The molecule has 0 aliphatic heterocycles. The van der Waals surface area contributed by atoms with Gasteiger partial charge in [-0.25, -0.2) is 4.79 Å². The Hall–Kier alpha value is -1.73. The Balaban J connectivity index is 1.74. The molecule has 0 saturated carbocycles. The van der Waals surface area contributed by atoms with Crippen LogP contribution in [0.3, 0.4) is 0 Å². The van der Waals surface area contributed by atoms with E-state index in [9.17, 15) is 4.79 Å². The molecule has 0 fully saturated rings. The lowest BCUT2D eigenvalue weighted by Gasteiger charge is -2.08. The maximum Gasteiger partial charge on any atom is 0.336 e. The first kappa shape index (κ1) is 22.9. The molecule has 3 rings (SSSR count). The van der Waals surface area contributed by atoms with E-state index in [1.807, 2.05) is 61.5 Å². The highest BCUT2D eigenvalue weighted by atomic mass is 79.9. The van der Waals surface area contributed by atoms with Crippen molar-refractivity contribution in [2.75, 3.05) is 0 Å². The molecule has 0 heterocycles. The number of aliphatic imine (C=N–C) groups is 1. The zero-order valence-corrected chi connectivity index (χ0v) is 21.2. The fourth-order valence-electron chi connectivity index (χ4n) is 2.50. The van der Waals surface area contributed by atoms with Crippen LogP contribution in [0, 0.1) is 6.92 Å². The fraction of sp³-hybridized carbons (Fsp3) is 0.0435. The molecule has 0 N–H and O–H groups in total. The van der Waals surface area contributed by atoms with Crippen molar-refractivity contribution in [3.8, 4) is 5.75 Å². The summed E-state index contributed by atoms with van der Waals surface area (Å²) >= 11 is 16.4. The minimum absolute atomic E-state index is 0.400. The van der Waals surface area contributed by atoms with E-state index in [0.717, 1.165) is 26.9 Å². The van der Waals surface area contributed by atoms with Crippen molar-refractivity contribution >= 4 is 83.3 Å². The van der Waals surface area contributed by atoms with Crippen LogP contribution in [-0.4, -0.2) is 12.2 Å². The number of hydrogen-bond acceptors (Lipinski definition) is 3.